The first kappa shape index (κ1) is 15.0. The summed E-state index contributed by atoms with van der Waals surface area (Å²) in [5, 5.41) is 3.39. The Labute approximate surface area is 130 Å². The van der Waals surface area contributed by atoms with Crippen LogP contribution in [0.15, 0.2) is 42.7 Å². The zero-order chi connectivity index (χ0) is 16.4. The quantitative estimate of drug-likeness (QED) is 0.770. The summed E-state index contributed by atoms with van der Waals surface area (Å²) in [5.74, 6) is -0.333. The number of hydrogen-bond donors (Lipinski definition) is 2. The number of nitrogens with one attached hydrogen (secondary N) is 2. The fourth-order valence-electron chi connectivity index (χ4n) is 2.31. The van der Waals surface area contributed by atoms with Gasteiger partial charge in [-0.25, -0.2) is 4.98 Å². The molecular formula is C16H13F2N3O2. The minimum Gasteiger partial charge on any atom is -0.434 e. The summed E-state index contributed by atoms with van der Waals surface area (Å²) >= 11 is 0. The number of H-pyrrole nitrogens is 1. The number of hydrogen-bond acceptors (Lipinski definition) is 3. The third-order valence-electron chi connectivity index (χ3n) is 3.44. The van der Waals surface area contributed by atoms with Crippen LogP contribution in [-0.2, 0) is 0 Å². The highest BCUT2D eigenvalue weighted by atomic mass is 19.3. The Morgan fingerprint density at radius 1 is 1.30 bits per heavy atom. The Balaban J connectivity index is 1.88. The molecule has 3 aromatic rings. The van der Waals surface area contributed by atoms with E-state index in [0.717, 1.165) is 0 Å². The van der Waals surface area contributed by atoms with Gasteiger partial charge in [0.15, 0.2) is 0 Å². The number of benzene rings is 1. The van der Waals surface area contributed by atoms with Crippen LogP contribution in [0.2, 0.25) is 0 Å². The molecule has 0 radical (unpaired) electrons. The van der Waals surface area contributed by atoms with Crippen molar-refractivity contribution in [1.29, 1.82) is 0 Å². The van der Waals surface area contributed by atoms with Crippen molar-refractivity contribution >= 4 is 22.6 Å². The van der Waals surface area contributed by atoms with Crippen LogP contribution in [0.4, 0.5) is 14.5 Å². The van der Waals surface area contributed by atoms with Crippen molar-refractivity contribution < 1.29 is 18.3 Å². The number of nitrogens with zero attached hydrogens (tertiary/aromatic N) is 1. The van der Waals surface area contributed by atoms with Gasteiger partial charge < -0.3 is 15.0 Å². The number of ether oxygens (including phenoxy) is 1. The largest absolute Gasteiger partial charge is 0.434 e. The molecule has 2 heterocycles. The smallest absolute Gasteiger partial charge is 0.387 e. The fourth-order valence-corrected chi connectivity index (χ4v) is 2.31. The standard InChI is InChI=1S/C16H13F2N3O2/c1-9-12(5-2-6-13(9)23-16(17)18)21-15(22)11-8-20-14-10(11)4-3-7-19-14/h2-8,16H,1H3,(H,19,20)(H,21,22). The number of rotatable bonds is 4. The van der Waals surface area contributed by atoms with E-state index in [2.05, 4.69) is 20.0 Å². The molecule has 0 spiro atoms. The number of fused-ring (bicyclic) bond motifs is 1. The number of pyridine rings is 1. The Kier molecular flexibility index (Phi) is 3.92. The highest BCUT2D eigenvalue weighted by molar-refractivity contribution is 6.12. The molecule has 1 aromatic carbocycles. The van der Waals surface area contributed by atoms with E-state index in [-0.39, 0.29) is 11.7 Å². The molecule has 0 bridgehead atoms. The highest BCUT2D eigenvalue weighted by Crippen LogP contribution is 2.27. The molecular weight excluding hydrogens is 304 g/mol. The van der Waals surface area contributed by atoms with Crippen molar-refractivity contribution in [3.8, 4) is 5.75 Å². The van der Waals surface area contributed by atoms with Gasteiger partial charge >= 0.3 is 6.61 Å². The van der Waals surface area contributed by atoms with Crippen LogP contribution in [0, 0.1) is 6.92 Å². The number of amides is 1. The zero-order valence-electron chi connectivity index (χ0n) is 12.1. The van der Waals surface area contributed by atoms with Crippen molar-refractivity contribution in [2.75, 3.05) is 5.32 Å². The average Bonchev–Trinajstić information content (AvgIpc) is 2.95. The SMILES string of the molecule is Cc1c(NC(=O)c2c[nH]c3ncccc23)cccc1OC(F)F. The Bertz CT molecular complexity index is 861. The third kappa shape index (κ3) is 2.98. The molecule has 1 amide bonds. The molecule has 2 N–H and O–H groups in total. The van der Waals surface area contributed by atoms with Crippen LogP contribution >= 0.6 is 0 Å². The van der Waals surface area contributed by atoms with Gasteiger partial charge in [-0.3, -0.25) is 4.79 Å². The Morgan fingerprint density at radius 3 is 2.91 bits per heavy atom. The lowest BCUT2D eigenvalue weighted by Gasteiger charge is -2.12. The summed E-state index contributed by atoms with van der Waals surface area (Å²) in [4.78, 5) is 19.5. The van der Waals surface area contributed by atoms with Crippen LogP contribution in [-0.4, -0.2) is 22.5 Å². The molecule has 7 heteroatoms. The number of anilines is 1. The van der Waals surface area contributed by atoms with E-state index in [1.54, 1.807) is 37.5 Å². The summed E-state index contributed by atoms with van der Waals surface area (Å²) in [6.45, 7) is -1.32. The van der Waals surface area contributed by atoms with Crippen molar-refractivity contribution in [3.63, 3.8) is 0 Å². The van der Waals surface area contributed by atoms with Crippen LogP contribution in [0.25, 0.3) is 11.0 Å². The molecule has 0 atom stereocenters. The molecule has 0 saturated carbocycles. The van der Waals surface area contributed by atoms with Gasteiger partial charge in [0.25, 0.3) is 5.91 Å². The molecule has 0 fully saturated rings. The topological polar surface area (TPSA) is 67.0 Å². The van der Waals surface area contributed by atoms with Crippen molar-refractivity contribution in [2.24, 2.45) is 0 Å². The van der Waals surface area contributed by atoms with Crippen LogP contribution < -0.4 is 10.1 Å². The second kappa shape index (κ2) is 6.04. The number of aromatic amines is 1. The molecule has 0 aliphatic carbocycles. The maximum atomic E-state index is 12.4. The Morgan fingerprint density at radius 2 is 2.13 bits per heavy atom. The molecule has 5 nitrogen and oxygen atoms in total. The third-order valence-corrected chi connectivity index (χ3v) is 3.44. The average molecular weight is 317 g/mol. The summed E-state index contributed by atoms with van der Waals surface area (Å²) < 4.78 is 29.2. The maximum absolute atomic E-state index is 12.4. The number of halogens is 2. The second-order valence-electron chi connectivity index (χ2n) is 4.86. The fraction of sp³-hybridized carbons (Fsp3) is 0.125. The predicted molar refractivity (Wildman–Crippen MR) is 81.9 cm³/mol. The lowest BCUT2D eigenvalue weighted by molar-refractivity contribution is -0.0502. The van der Waals surface area contributed by atoms with Crippen LogP contribution in [0.3, 0.4) is 0 Å². The van der Waals surface area contributed by atoms with Gasteiger partial charge in [0, 0.05) is 29.0 Å². The van der Waals surface area contributed by atoms with Crippen molar-refractivity contribution in [2.45, 2.75) is 13.5 Å². The van der Waals surface area contributed by atoms with E-state index in [9.17, 15) is 13.6 Å². The van der Waals surface area contributed by atoms with Gasteiger partial charge in [-0.1, -0.05) is 6.07 Å². The summed E-state index contributed by atoms with van der Waals surface area (Å²) in [7, 11) is 0. The normalized spacial score (nSPS) is 11.0. The van der Waals surface area contributed by atoms with E-state index < -0.39 is 6.61 Å². The minimum atomic E-state index is -2.92. The van der Waals surface area contributed by atoms with Crippen LogP contribution in [0.5, 0.6) is 5.75 Å². The predicted octanol–water partition coefficient (Wildman–Crippen LogP) is 3.73. The lowest BCUT2D eigenvalue weighted by Crippen LogP contribution is -2.13. The van der Waals surface area contributed by atoms with E-state index in [4.69, 9.17) is 0 Å². The van der Waals surface area contributed by atoms with Gasteiger partial charge in [0.05, 0.1) is 5.56 Å². The minimum absolute atomic E-state index is 0.0263. The number of carbonyl (C=O) groups is 1. The van der Waals surface area contributed by atoms with Gasteiger partial charge in [-0.05, 0) is 31.2 Å². The van der Waals surface area contributed by atoms with E-state index in [0.29, 0.717) is 27.8 Å². The molecule has 0 saturated heterocycles. The monoisotopic (exact) mass is 317 g/mol. The zero-order valence-corrected chi connectivity index (χ0v) is 12.1. The van der Waals surface area contributed by atoms with Gasteiger partial charge in [-0.15, -0.1) is 0 Å². The molecule has 0 unspecified atom stereocenters. The first-order valence-corrected chi connectivity index (χ1v) is 6.84. The number of carbonyl (C=O) groups excluding carboxylic acids is 1. The first-order chi connectivity index (χ1) is 11.1. The number of aromatic nitrogens is 2. The molecule has 23 heavy (non-hydrogen) atoms. The van der Waals surface area contributed by atoms with E-state index in [1.165, 1.54) is 12.1 Å². The molecule has 0 aliphatic rings. The maximum Gasteiger partial charge on any atom is 0.387 e. The van der Waals surface area contributed by atoms with E-state index in [1.807, 2.05) is 0 Å². The number of alkyl halides is 2. The highest BCUT2D eigenvalue weighted by Gasteiger charge is 2.15. The van der Waals surface area contributed by atoms with Crippen molar-refractivity contribution in [3.05, 3.63) is 53.9 Å². The molecule has 118 valence electrons. The summed E-state index contributed by atoms with van der Waals surface area (Å²) in [6, 6.07) is 8.09. The van der Waals surface area contributed by atoms with Crippen molar-refractivity contribution in [1.82, 2.24) is 9.97 Å². The Hall–Kier alpha value is -2.96. The summed E-state index contributed by atoms with van der Waals surface area (Å²) in [5.41, 5.74) is 1.86. The van der Waals surface area contributed by atoms with E-state index >= 15 is 0 Å². The first-order valence-electron chi connectivity index (χ1n) is 6.84. The van der Waals surface area contributed by atoms with Gasteiger partial charge in [0.2, 0.25) is 0 Å². The van der Waals surface area contributed by atoms with Gasteiger partial charge in [0.1, 0.15) is 11.4 Å². The molecule has 2 aromatic heterocycles. The van der Waals surface area contributed by atoms with Crippen LogP contribution in [0.1, 0.15) is 15.9 Å². The second-order valence-corrected chi connectivity index (χ2v) is 4.86. The lowest BCUT2D eigenvalue weighted by atomic mass is 10.1. The summed E-state index contributed by atoms with van der Waals surface area (Å²) in [6.07, 6.45) is 3.18. The molecule has 3 rings (SSSR count). The molecule has 0 aliphatic heterocycles. The van der Waals surface area contributed by atoms with Gasteiger partial charge in [-0.2, -0.15) is 8.78 Å².